The van der Waals surface area contributed by atoms with Crippen molar-refractivity contribution >= 4 is 39.7 Å². The van der Waals surface area contributed by atoms with Gasteiger partial charge < -0.3 is 29.4 Å². The molecule has 0 saturated heterocycles. The van der Waals surface area contributed by atoms with E-state index in [0.29, 0.717) is 22.1 Å². The van der Waals surface area contributed by atoms with Crippen molar-refractivity contribution in [2.45, 2.75) is 40.2 Å². The molecule has 2 aromatic carbocycles. The van der Waals surface area contributed by atoms with Gasteiger partial charge in [-0.2, -0.15) is 0 Å². The number of carboxylic acid groups (broad SMARTS) is 1. The van der Waals surface area contributed by atoms with Crippen molar-refractivity contribution in [3.63, 3.8) is 0 Å². The number of carbonyl (C=O) groups excluding carboxylic acids is 3. The second-order valence-electron chi connectivity index (χ2n) is 9.41. The lowest BCUT2D eigenvalue weighted by molar-refractivity contribution is -0.309. The number of carbonyl (C=O) groups is 3. The predicted octanol–water partition coefficient (Wildman–Crippen LogP) is 2.37. The molecule has 0 saturated carbocycles. The topological polar surface area (TPSA) is 142 Å². The van der Waals surface area contributed by atoms with Crippen molar-refractivity contribution in [2.75, 3.05) is 6.54 Å². The fourth-order valence-corrected chi connectivity index (χ4v) is 4.20. The molecule has 37 heavy (non-hydrogen) atoms. The third-order valence-electron chi connectivity index (χ3n) is 6.36. The number of hydrogen-bond acceptors (Lipinski definition) is 7. The largest absolute Gasteiger partial charge is 0.548 e. The summed E-state index contributed by atoms with van der Waals surface area (Å²) in [6, 6.07) is 10.4. The fourth-order valence-electron chi connectivity index (χ4n) is 4.20. The average Bonchev–Trinajstić information content (AvgIpc) is 3.25. The summed E-state index contributed by atoms with van der Waals surface area (Å²) < 4.78 is 11.2. The number of benzene rings is 2. The van der Waals surface area contributed by atoms with Crippen LogP contribution in [0.2, 0.25) is 0 Å². The standard InChI is InChI=1S/C28H28N2O7/c1-14(2)26(27(33)34)30-25(32)12-29-24(31)10-19-16(4)18-9-20-21(17-7-5-15(3)6-8-17)13-36-22(20)11-23(18)37-28(19)35/h5-9,11,13-14,26H,10,12H2,1-4H3,(H,29,31)(H,30,32)(H,33,34)/p-1/t26-/m0/s1. The Morgan fingerprint density at radius 3 is 2.32 bits per heavy atom. The predicted molar refractivity (Wildman–Crippen MR) is 136 cm³/mol. The van der Waals surface area contributed by atoms with E-state index in [0.717, 1.165) is 22.1 Å². The summed E-state index contributed by atoms with van der Waals surface area (Å²) in [5.74, 6) is -3.05. The molecule has 0 aliphatic rings. The Morgan fingerprint density at radius 2 is 1.68 bits per heavy atom. The number of amides is 2. The lowest BCUT2D eigenvalue weighted by Crippen LogP contribution is -2.53. The monoisotopic (exact) mass is 503 g/mol. The van der Waals surface area contributed by atoms with Crippen LogP contribution in [0.4, 0.5) is 0 Å². The first-order valence-electron chi connectivity index (χ1n) is 11.9. The van der Waals surface area contributed by atoms with E-state index in [1.807, 2.05) is 37.3 Å². The van der Waals surface area contributed by atoms with Crippen LogP contribution in [-0.2, 0) is 20.8 Å². The molecule has 192 valence electrons. The molecule has 2 amide bonds. The van der Waals surface area contributed by atoms with Crippen LogP contribution in [0.15, 0.2) is 56.3 Å². The number of fused-ring (bicyclic) bond motifs is 2. The lowest BCUT2D eigenvalue weighted by Gasteiger charge is -2.23. The van der Waals surface area contributed by atoms with Gasteiger partial charge >= 0.3 is 5.63 Å². The molecule has 1 atom stereocenters. The highest BCUT2D eigenvalue weighted by Gasteiger charge is 2.20. The molecule has 2 N–H and O–H groups in total. The SMILES string of the molecule is Cc1ccc(-c2coc3cc4oc(=O)c(CC(=O)NCC(=O)N[C@H](C(=O)[O-])C(C)C)c(C)c4cc23)cc1. The molecular formula is C28H27N2O7-. The zero-order valence-corrected chi connectivity index (χ0v) is 21.0. The summed E-state index contributed by atoms with van der Waals surface area (Å²) in [5.41, 5.74) is 4.01. The molecule has 0 spiro atoms. The minimum Gasteiger partial charge on any atom is -0.548 e. The van der Waals surface area contributed by atoms with Crippen LogP contribution < -0.4 is 21.4 Å². The lowest BCUT2D eigenvalue weighted by atomic mass is 9.99. The summed E-state index contributed by atoms with van der Waals surface area (Å²) in [4.78, 5) is 48.5. The van der Waals surface area contributed by atoms with Gasteiger partial charge in [-0.15, -0.1) is 0 Å². The highest BCUT2D eigenvalue weighted by Crippen LogP contribution is 2.34. The van der Waals surface area contributed by atoms with Gasteiger partial charge in [0, 0.05) is 22.4 Å². The number of nitrogens with one attached hydrogen (secondary N) is 2. The van der Waals surface area contributed by atoms with Crippen LogP contribution in [0, 0.1) is 19.8 Å². The van der Waals surface area contributed by atoms with Gasteiger partial charge in [0.1, 0.15) is 11.2 Å². The summed E-state index contributed by atoms with van der Waals surface area (Å²) in [6.45, 7) is 6.56. The molecule has 4 aromatic rings. The Balaban J connectivity index is 1.57. The molecule has 9 heteroatoms. The van der Waals surface area contributed by atoms with Gasteiger partial charge in [0.25, 0.3) is 0 Å². The van der Waals surface area contributed by atoms with Crippen LogP contribution >= 0.6 is 0 Å². The van der Waals surface area contributed by atoms with Gasteiger partial charge in [0.15, 0.2) is 0 Å². The molecule has 0 unspecified atom stereocenters. The first-order chi connectivity index (χ1) is 17.5. The molecule has 0 aliphatic heterocycles. The van der Waals surface area contributed by atoms with Crippen LogP contribution in [0.25, 0.3) is 33.1 Å². The van der Waals surface area contributed by atoms with E-state index in [-0.39, 0.29) is 17.9 Å². The highest BCUT2D eigenvalue weighted by atomic mass is 16.4. The van der Waals surface area contributed by atoms with E-state index in [1.165, 1.54) is 0 Å². The second-order valence-corrected chi connectivity index (χ2v) is 9.41. The van der Waals surface area contributed by atoms with Gasteiger partial charge in [-0.1, -0.05) is 43.7 Å². The first kappa shape index (κ1) is 25.7. The summed E-state index contributed by atoms with van der Waals surface area (Å²) in [6.07, 6.45) is 1.35. The molecule has 0 fully saturated rings. The van der Waals surface area contributed by atoms with Crippen molar-refractivity contribution in [2.24, 2.45) is 5.92 Å². The maximum absolute atomic E-state index is 12.7. The zero-order chi connectivity index (χ0) is 26.9. The smallest absolute Gasteiger partial charge is 0.340 e. The molecule has 0 aliphatic carbocycles. The van der Waals surface area contributed by atoms with E-state index in [2.05, 4.69) is 10.6 Å². The van der Waals surface area contributed by atoms with Crippen molar-refractivity contribution in [3.05, 3.63) is 69.8 Å². The van der Waals surface area contributed by atoms with E-state index in [4.69, 9.17) is 8.83 Å². The van der Waals surface area contributed by atoms with Gasteiger partial charge in [0.05, 0.1) is 36.8 Å². The van der Waals surface area contributed by atoms with Gasteiger partial charge in [-0.05, 0) is 37.0 Å². The van der Waals surface area contributed by atoms with Crippen molar-refractivity contribution in [1.82, 2.24) is 10.6 Å². The van der Waals surface area contributed by atoms with Crippen LogP contribution in [0.1, 0.15) is 30.5 Å². The van der Waals surface area contributed by atoms with E-state index in [1.54, 1.807) is 33.1 Å². The molecule has 0 radical (unpaired) electrons. The third kappa shape index (κ3) is 5.40. The molecule has 4 rings (SSSR count). The number of carboxylic acids is 1. The third-order valence-corrected chi connectivity index (χ3v) is 6.36. The molecule has 9 nitrogen and oxygen atoms in total. The summed E-state index contributed by atoms with van der Waals surface area (Å²) >= 11 is 0. The maximum atomic E-state index is 12.7. The zero-order valence-electron chi connectivity index (χ0n) is 21.0. The second kappa shape index (κ2) is 10.3. The van der Waals surface area contributed by atoms with Gasteiger partial charge in [0.2, 0.25) is 11.8 Å². The van der Waals surface area contributed by atoms with Crippen LogP contribution in [-0.4, -0.2) is 30.4 Å². The van der Waals surface area contributed by atoms with Gasteiger partial charge in [-0.25, -0.2) is 4.79 Å². The Morgan fingerprint density at radius 1 is 0.973 bits per heavy atom. The minimum atomic E-state index is -1.41. The molecule has 2 aromatic heterocycles. The van der Waals surface area contributed by atoms with Crippen LogP contribution in [0.3, 0.4) is 0 Å². The summed E-state index contributed by atoms with van der Waals surface area (Å²) in [5, 5.41) is 17.4. The highest BCUT2D eigenvalue weighted by molar-refractivity contribution is 6.02. The number of aryl methyl sites for hydroxylation is 2. The Bertz CT molecular complexity index is 1560. The number of hydrogen-bond donors (Lipinski definition) is 2. The van der Waals surface area contributed by atoms with Crippen molar-refractivity contribution < 1.29 is 28.3 Å². The Labute approximate surface area is 212 Å². The minimum absolute atomic E-state index is 0.167. The van der Waals surface area contributed by atoms with Crippen LogP contribution in [0.5, 0.6) is 0 Å². The maximum Gasteiger partial charge on any atom is 0.340 e. The number of aliphatic carboxylic acids is 1. The van der Waals surface area contributed by atoms with Crippen molar-refractivity contribution in [1.29, 1.82) is 0 Å². The van der Waals surface area contributed by atoms with E-state index >= 15 is 0 Å². The number of rotatable bonds is 8. The van der Waals surface area contributed by atoms with Crippen molar-refractivity contribution in [3.8, 4) is 11.1 Å². The van der Waals surface area contributed by atoms with E-state index in [9.17, 15) is 24.3 Å². The Hall–Kier alpha value is -4.40. The molecule has 2 heterocycles. The Kier molecular flexibility index (Phi) is 7.15. The normalized spacial score (nSPS) is 12.1. The number of furan rings is 1. The first-order valence-corrected chi connectivity index (χ1v) is 11.9. The fraction of sp³-hybridized carbons (Fsp3) is 0.286. The van der Waals surface area contributed by atoms with E-state index < -0.39 is 36.0 Å². The quantitative estimate of drug-likeness (QED) is 0.352. The molecule has 0 bridgehead atoms. The van der Waals surface area contributed by atoms with Gasteiger partial charge in [-0.3, -0.25) is 9.59 Å². The average molecular weight is 504 g/mol. The molecular weight excluding hydrogens is 476 g/mol. The summed E-state index contributed by atoms with van der Waals surface area (Å²) in [7, 11) is 0.